The van der Waals surface area contributed by atoms with Gasteiger partial charge in [-0.1, -0.05) is 43.5 Å². The molecule has 1 saturated carbocycles. The zero-order valence-corrected chi connectivity index (χ0v) is 17.5. The van der Waals surface area contributed by atoms with E-state index in [-0.39, 0.29) is 36.0 Å². The maximum atomic E-state index is 13.2. The van der Waals surface area contributed by atoms with E-state index >= 15 is 0 Å². The molecule has 0 bridgehead atoms. The van der Waals surface area contributed by atoms with E-state index in [4.69, 9.17) is 0 Å². The Hall–Kier alpha value is -2.29. The third kappa shape index (κ3) is 4.49. The number of nitrogens with zero attached hydrogens (tertiary/aromatic N) is 5. The highest BCUT2D eigenvalue weighted by molar-refractivity contribution is 7.91. The topological polar surface area (TPSA) is 98.0 Å². The summed E-state index contributed by atoms with van der Waals surface area (Å²) in [5.74, 6) is 0.595. The number of amides is 1. The van der Waals surface area contributed by atoms with Gasteiger partial charge in [-0.2, -0.15) is 4.80 Å². The molecule has 1 aliphatic heterocycles. The van der Waals surface area contributed by atoms with Crippen molar-refractivity contribution in [2.24, 2.45) is 0 Å². The quantitative estimate of drug-likeness (QED) is 0.738. The summed E-state index contributed by atoms with van der Waals surface area (Å²) in [6, 6.07) is 7.64. The van der Waals surface area contributed by atoms with Crippen LogP contribution in [0.15, 0.2) is 24.3 Å². The van der Waals surface area contributed by atoms with Crippen LogP contribution in [0.3, 0.4) is 0 Å². The summed E-state index contributed by atoms with van der Waals surface area (Å²) in [4.78, 5) is 16.4. The van der Waals surface area contributed by atoms with E-state index in [1.165, 1.54) is 11.2 Å². The Labute approximate surface area is 171 Å². The second-order valence-corrected chi connectivity index (χ2v) is 10.3. The molecule has 2 fully saturated rings. The van der Waals surface area contributed by atoms with Gasteiger partial charge in [0.05, 0.1) is 11.5 Å². The number of benzene rings is 1. The van der Waals surface area contributed by atoms with Gasteiger partial charge in [-0.15, -0.1) is 10.2 Å². The Morgan fingerprint density at radius 3 is 2.59 bits per heavy atom. The lowest BCUT2D eigenvalue weighted by Crippen LogP contribution is -2.50. The van der Waals surface area contributed by atoms with E-state index < -0.39 is 9.84 Å². The minimum atomic E-state index is -3.07. The molecule has 4 rings (SSSR count). The summed E-state index contributed by atoms with van der Waals surface area (Å²) < 4.78 is 24.0. The van der Waals surface area contributed by atoms with Crippen LogP contribution in [0.2, 0.25) is 0 Å². The van der Waals surface area contributed by atoms with Crippen LogP contribution in [0.1, 0.15) is 44.1 Å². The van der Waals surface area contributed by atoms with Crippen molar-refractivity contribution in [2.45, 2.75) is 64.1 Å². The number of aromatic nitrogens is 4. The molecule has 156 valence electrons. The summed E-state index contributed by atoms with van der Waals surface area (Å²) in [5, 5.41) is 12.6. The molecule has 1 aliphatic carbocycles. The van der Waals surface area contributed by atoms with E-state index in [0.717, 1.165) is 36.8 Å². The number of hydrogen-bond acceptors (Lipinski definition) is 6. The summed E-state index contributed by atoms with van der Waals surface area (Å²) in [6.07, 6.45) is 5.71. The first-order chi connectivity index (χ1) is 13.9. The van der Waals surface area contributed by atoms with Crippen molar-refractivity contribution in [3.8, 4) is 11.4 Å². The molecule has 1 aromatic heterocycles. The Kier molecular flexibility index (Phi) is 5.67. The van der Waals surface area contributed by atoms with Crippen molar-refractivity contribution < 1.29 is 13.2 Å². The summed E-state index contributed by atoms with van der Waals surface area (Å²) in [6.45, 7) is 1.96. The lowest BCUT2D eigenvalue weighted by molar-refractivity contribution is -0.137. The Morgan fingerprint density at radius 1 is 1.14 bits per heavy atom. The summed E-state index contributed by atoms with van der Waals surface area (Å²) in [7, 11) is -3.07. The average molecular weight is 418 g/mol. The normalized spacial score (nSPS) is 21.9. The summed E-state index contributed by atoms with van der Waals surface area (Å²) >= 11 is 0. The lowest BCUT2D eigenvalue weighted by atomic mass is 9.93. The predicted octanol–water partition coefficient (Wildman–Crippen LogP) is 2.00. The Bertz CT molecular complexity index is 982. The highest BCUT2D eigenvalue weighted by Gasteiger charge is 2.38. The van der Waals surface area contributed by atoms with Crippen molar-refractivity contribution in [3.05, 3.63) is 29.8 Å². The summed E-state index contributed by atoms with van der Waals surface area (Å²) in [5.41, 5.74) is 1.93. The highest BCUT2D eigenvalue weighted by atomic mass is 32.2. The number of hydrogen-bond donors (Lipinski definition) is 0. The molecule has 1 aromatic carbocycles. The van der Waals surface area contributed by atoms with Crippen LogP contribution in [0, 0.1) is 6.92 Å². The first-order valence-corrected chi connectivity index (χ1v) is 12.1. The maximum Gasteiger partial charge on any atom is 0.246 e. The van der Waals surface area contributed by atoms with E-state index in [1.54, 1.807) is 0 Å². The average Bonchev–Trinajstić information content (AvgIpc) is 3.29. The molecule has 0 unspecified atom stereocenters. The molecule has 0 radical (unpaired) electrons. The SMILES string of the molecule is Cc1ccccc1-c1nnn(CC(=O)N(C2CCCCC2)[C@H]2CCS(=O)(=O)C2)n1. The molecule has 1 saturated heterocycles. The van der Waals surface area contributed by atoms with Gasteiger partial charge in [-0.25, -0.2) is 8.42 Å². The van der Waals surface area contributed by atoms with Crippen molar-refractivity contribution in [2.75, 3.05) is 11.5 Å². The van der Waals surface area contributed by atoms with Gasteiger partial charge in [-0.3, -0.25) is 4.79 Å². The smallest absolute Gasteiger partial charge is 0.246 e. The largest absolute Gasteiger partial charge is 0.334 e. The number of carbonyl (C=O) groups excluding carboxylic acids is 1. The molecule has 1 amide bonds. The van der Waals surface area contributed by atoms with Crippen LogP contribution >= 0.6 is 0 Å². The Morgan fingerprint density at radius 2 is 1.90 bits per heavy atom. The fourth-order valence-electron chi connectivity index (χ4n) is 4.50. The van der Waals surface area contributed by atoms with Crippen molar-refractivity contribution >= 4 is 15.7 Å². The zero-order chi connectivity index (χ0) is 20.4. The van der Waals surface area contributed by atoms with Crippen LogP contribution in [0.5, 0.6) is 0 Å². The van der Waals surface area contributed by atoms with Gasteiger partial charge in [-0.05, 0) is 37.0 Å². The van der Waals surface area contributed by atoms with Crippen LogP contribution in [-0.4, -0.2) is 63.0 Å². The Balaban J connectivity index is 1.53. The third-order valence-corrected chi connectivity index (χ3v) is 7.72. The van der Waals surface area contributed by atoms with Gasteiger partial charge in [0, 0.05) is 17.6 Å². The molecule has 2 aromatic rings. The number of aryl methyl sites for hydroxylation is 1. The minimum Gasteiger partial charge on any atom is -0.334 e. The van der Waals surface area contributed by atoms with Crippen LogP contribution in [0.25, 0.3) is 11.4 Å². The van der Waals surface area contributed by atoms with Crippen LogP contribution in [0.4, 0.5) is 0 Å². The number of rotatable bonds is 5. The molecular weight excluding hydrogens is 390 g/mol. The molecule has 9 heteroatoms. The molecule has 2 heterocycles. The molecule has 8 nitrogen and oxygen atoms in total. The zero-order valence-electron chi connectivity index (χ0n) is 16.7. The van der Waals surface area contributed by atoms with Crippen molar-refractivity contribution in [3.63, 3.8) is 0 Å². The van der Waals surface area contributed by atoms with Crippen LogP contribution in [-0.2, 0) is 21.2 Å². The third-order valence-electron chi connectivity index (χ3n) is 5.97. The van der Waals surface area contributed by atoms with E-state index in [0.29, 0.717) is 12.2 Å². The first kappa shape index (κ1) is 20.0. The molecule has 2 aliphatic rings. The first-order valence-electron chi connectivity index (χ1n) is 10.3. The minimum absolute atomic E-state index is 0.0219. The van der Waals surface area contributed by atoms with Crippen molar-refractivity contribution in [1.82, 2.24) is 25.1 Å². The van der Waals surface area contributed by atoms with E-state index in [1.807, 2.05) is 36.1 Å². The standard InChI is InChI=1S/C20H27N5O3S/c1-15-7-5-6-10-18(15)20-21-23-24(22-20)13-19(26)25(16-8-3-2-4-9-16)17-11-12-29(27,28)14-17/h5-7,10,16-17H,2-4,8-9,11-14H2,1H3/t17-/m0/s1. The van der Waals surface area contributed by atoms with Gasteiger partial charge in [0.15, 0.2) is 9.84 Å². The van der Waals surface area contributed by atoms with Gasteiger partial charge in [0.25, 0.3) is 0 Å². The number of carbonyl (C=O) groups is 1. The second-order valence-electron chi connectivity index (χ2n) is 8.11. The van der Waals surface area contributed by atoms with E-state index in [9.17, 15) is 13.2 Å². The predicted molar refractivity (Wildman–Crippen MR) is 109 cm³/mol. The fourth-order valence-corrected chi connectivity index (χ4v) is 6.22. The number of tetrazole rings is 1. The van der Waals surface area contributed by atoms with Gasteiger partial charge >= 0.3 is 0 Å². The molecule has 0 N–H and O–H groups in total. The van der Waals surface area contributed by atoms with Crippen LogP contribution < -0.4 is 0 Å². The molecular formula is C20H27N5O3S. The van der Waals surface area contributed by atoms with Gasteiger partial charge < -0.3 is 4.90 Å². The molecule has 1 atom stereocenters. The monoisotopic (exact) mass is 417 g/mol. The second kappa shape index (κ2) is 8.22. The van der Waals surface area contributed by atoms with E-state index in [2.05, 4.69) is 15.4 Å². The maximum absolute atomic E-state index is 13.2. The fraction of sp³-hybridized carbons (Fsp3) is 0.600. The molecule has 29 heavy (non-hydrogen) atoms. The highest BCUT2D eigenvalue weighted by Crippen LogP contribution is 2.28. The number of sulfone groups is 1. The van der Waals surface area contributed by atoms with Gasteiger partial charge in [0.2, 0.25) is 11.7 Å². The lowest BCUT2D eigenvalue weighted by Gasteiger charge is -2.38. The molecule has 0 spiro atoms. The van der Waals surface area contributed by atoms with Gasteiger partial charge in [0.1, 0.15) is 6.54 Å². The van der Waals surface area contributed by atoms with Crippen molar-refractivity contribution in [1.29, 1.82) is 0 Å².